The quantitative estimate of drug-likeness (QED) is 0.626. The predicted octanol–water partition coefficient (Wildman–Crippen LogP) is 5.90. The Kier molecular flexibility index (Phi) is 5.64. The maximum absolute atomic E-state index is 13.2. The molecule has 0 bridgehead atoms. The number of benzene rings is 2. The first-order valence-corrected chi connectivity index (χ1v) is 9.11. The van der Waals surface area contributed by atoms with Crippen LogP contribution in [0.25, 0.3) is 0 Å². The standard InChI is InChI=1S/C23H30O/c1-7-16-14-17(8-2)21(18(9-3)15-16)22(24)19-10-12-20(13-11-19)23(4,5)6/h10-15H,7-9H2,1-6H3. The Morgan fingerprint density at radius 2 is 1.33 bits per heavy atom. The molecule has 0 fully saturated rings. The van der Waals surface area contributed by atoms with Crippen molar-refractivity contribution in [3.05, 3.63) is 69.8 Å². The molecular weight excluding hydrogens is 292 g/mol. The Balaban J connectivity index is 2.49. The Labute approximate surface area is 147 Å². The summed E-state index contributed by atoms with van der Waals surface area (Å²) >= 11 is 0. The second kappa shape index (κ2) is 7.34. The highest BCUT2D eigenvalue weighted by atomic mass is 16.1. The van der Waals surface area contributed by atoms with Crippen LogP contribution in [0, 0.1) is 0 Å². The van der Waals surface area contributed by atoms with Gasteiger partial charge in [0.2, 0.25) is 0 Å². The van der Waals surface area contributed by atoms with Gasteiger partial charge in [-0.15, -0.1) is 0 Å². The number of hydrogen-bond acceptors (Lipinski definition) is 1. The molecule has 0 amide bonds. The molecule has 0 N–H and O–H groups in total. The van der Waals surface area contributed by atoms with Crippen molar-refractivity contribution in [3.8, 4) is 0 Å². The fourth-order valence-corrected chi connectivity index (χ4v) is 3.16. The van der Waals surface area contributed by atoms with Crippen molar-refractivity contribution in [2.45, 2.75) is 66.2 Å². The third kappa shape index (κ3) is 3.77. The second-order valence-corrected chi connectivity index (χ2v) is 7.51. The summed E-state index contributed by atoms with van der Waals surface area (Å²) in [6.45, 7) is 13.0. The van der Waals surface area contributed by atoms with Gasteiger partial charge in [0.15, 0.2) is 5.78 Å². The van der Waals surface area contributed by atoms with Crippen LogP contribution in [0.4, 0.5) is 0 Å². The van der Waals surface area contributed by atoms with Gasteiger partial charge >= 0.3 is 0 Å². The van der Waals surface area contributed by atoms with Crippen molar-refractivity contribution >= 4 is 5.78 Å². The zero-order valence-corrected chi connectivity index (χ0v) is 16.0. The number of aryl methyl sites for hydroxylation is 3. The molecule has 2 rings (SSSR count). The van der Waals surface area contributed by atoms with Crippen LogP contribution in [0.2, 0.25) is 0 Å². The van der Waals surface area contributed by atoms with Crippen LogP contribution in [0.5, 0.6) is 0 Å². The maximum atomic E-state index is 13.2. The first-order chi connectivity index (χ1) is 11.3. The van der Waals surface area contributed by atoms with Crippen molar-refractivity contribution in [2.75, 3.05) is 0 Å². The molecule has 0 spiro atoms. The minimum Gasteiger partial charge on any atom is -0.289 e. The first kappa shape index (κ1) is 18.4. The van der Waals surface area contributed by atoms with Crippen LogP contribution < -0.4 is 0 Å². The molecule has 0 aliphatic carbocycles. The SMILES string of the molecule is CCc1cc(CC)c(C(=O)c2ccc(C(C)(C)C)cc2)c(CC)c1. The highest BCUT2D eigenvalue weighted by Crippen LogP contribution is 2.26. The zero-order chi connectivity index (χ0) is 17.9. The van der Waals surface area contributed by atoms with Crippen molar-refractivity contribution < 1.29 is 4.79 Å². The monoisotopic (exact) mass is 322 g/mol. The lowest BCUT2D eigenvalue weighted by atomic mass is 9.85. The van der Waals surface area contributed by atoms with E-state index in [0.717, 1.165) is 30.4 Å². The third-order valence-electron chi connectivity index (χ3n) is 4.77. The van der Waals surface area contributed by atoms with E-state index < -0.39 is 0 Å². The molecular formula is C23H30O. The van der Waals surface area contributed by atoms with E-state index in [1.807, 2.05) is 12.1 Å². The van der Waals surface area contributed by atoms with Gasteiger partial charge in [-0.3, -0.25) is 4.79 Å². The molecule has 2 aromatic carbocycles. The maximum Gasteiger partial charge on any atom is 0.193 e. The van der Waals surface area contributed by atoms with E-state index >= 15 is 0 Å². The summed E-state index contributed by atoms with van der Waals surface area (Å²) in [5.74, 6) is 0.159. The van der Waals surface area contributed by atoms with E-state index in [-0.39, 0.29) is 11.2 Å². The summed E-state index contributed by atoms with van der Waals surface area (Å²) in [4.78, 5) is 13.2. The summed E-state index contributed by atoms with van der Waals surface area (Å²) in [5.41, 5.74) is 6.74. The van der Waals surface area contributed by atoms with Gasteiger partial charge in [0.25, 0.3) is 0 Å². The normalized spacial score (nSPS) is 11.6. The van der Waals surface area contributed by atoms with Crippen molar-refractivity contribution in [1.82, 2.24) is 0 Å². The average Bonchev–Trinajstić information content (AvgIpc) is 2.59. The smallest absolute Gasteiger partial charge is 0.193 e. The zero-order valence-electron chi connectivity index (χ0n) is 16.0. The molecule has 0 heterocycles. The van der Waals surface area contributed by atoms with Gasteiger partial charge in [0.1, 0.15) is 0 Å². The Bertz CT molecular complexity index is 690. The topological polar surface area (TPSA) is 17.1 Å². The molecule has 0 atom stereocenters. The summed E-state index contributed by atoms with van der Waals surface area (Å²) in [6, 6.07) is 12.5. The van der Waals surface area contributed by atoms with E-state index in [1.165, 1.54) is 22.3 Å². The molecule has 0 radical (unpaired) electrons. The second-order valence-electron chi connectivity index (χ2n) is 7.51. The van der Waals surface area contributed by atoms with Gasteiger partial charge in [-0.05, 0) is 46.9 Å². The molecule has 0 saturated carbocycles. The summed E-state index contributed by atoms with van der Waals surface area (Å²) in [6.07, 6.45) is 2.79. The third-order valence-corrected chi connectivity index (χ3v) is 4.77. The molecule has 2 aromatic rings. The van der Waals surface area contributed by atoms with Gasteiger partial charge in [0, 0.05) is 11.1 Å². The van der Waals surface area contributed by atoms with Crippen LogP contribution in [-0.2, 0) is 24.7 Å². The molecule has 0 aliphatic rings. The van der Waals surface area contributed by atoms with Crippen molar-refractivity contribution in [2.24, 2.45) is 0 Å². The van der Waals surface area contributed by atoms with Crippen LogP contribution in [0.15, 0.2) is 36.4 Å². The highest BCUT2D eigenvalue weighted by Gasteiger charge is 2.19. The molecule has 24 heavy (non-hydrogen) atoms. The van der Waals surface area contributed by atoms with E-state index in [4.69, 9.17) is 0 Å². The van der Waals surface area contributed by atoms with E-state index in [2.05, 4.69) is 65.8 Å². The first-order valence-electron chi connectivity index (χ1n) is 9.11. The Morgan fingerprint density at radius 3 is 1.71 bits per heavy atom. The van der Waals surface area contributed by atoms with Gasteiger partial charge in [-0.25, -0.2) is 0 Å². The molecule has 0 saturated heterocycles. The lowest BCUT2D eigenvalue weighted by molar-refractivity contribution is 0.103. The number of ketones is 1. The summed E-state index contributed by atoms with van der Waals surface area (Å²) in [7, 11) is 0. The fourth-order valence-electron chi connectivity index (χ4n) is 3.16. The summed E-state index contributed by atoms with van der Waals surface area (Å²) in [5, 5.41) is 0. The highest BCUT2D eigenvalue weighted by molar-refractivity contribution is 6.11. The minimum absolute atomic E-state index is 0.105. The van der Waals surface area contributed by atoms with Crippen LogP contribution >= 0.6 is 0 Å². The number of rotatable bonds is 5. The molecule has 1 heteroatoms. The Morgan fingerprint density at radius 1 is 0.833 bits per heavy atom. The molecule has 0 aliphatic heterocycles. The van der Waals surface area contributed by atoms with Gasteiger partial charge in [0.05, 0.1) is 0 Å². The number of carbonyl (C=O) groups is 1. The van der Waals surface area contributed by atoms with E-state index in [9.17, 15) is 4.79 Å². The van der Waals surface area contributed by atoms with E-state index in [1.54, 1.807) is 0 Å². The predicted molar refractivity (Wildman–Crippen MR) is 103 cm³/mol. The molecule has 1 nitrogen and oxygen atoms in total. The van der Waals surface area contributed by atoms with Crippen LogP contribution in [0.1, 0.15) is 79.7 Å². The van der Waals surface area contributed by atoms with Crippen molar-refractivity contribution in [1.29, 1.82) is 0 Å². The lowest BCUT2D eigenvalue weighted by Crippen LogP contribution is -2.13. The summed E-state index contributed by atoms with van der Waals surface area (Å²) < 4.78 is 0. The molecule has 128 valence electrons. The van der Waals surface area contributed by atoms with Gasteiger partial charge in [-0.1, -0.05) is 77.9 Å². The van der Waals surface area contributed by atoms with Crippen LogP contribution in [-0.4, -0.2) is 5.78 Å². The number of carbonyl (C=O) groups excluding carboxylic acids is 1. The van der Waals surface area contributed by atoms with Crippen molar-refractivity contribution in [3.63, 3.8) is 0 Å². The van der Waals surface area contributed by atoms with Crippen LogP contribution in [0.3, 0.4) is 0 Å². The number of hydrogen-bond donors (Lipinski definition) is 0. The van der Waals surface area contributed by atoms with E-state index in [0.29, 0.717) is 0 Å². The minimum atomic E-state index is 0.105. The Hall–Kier alpha value is -1.89. The van der Waals surface area contributed by atoms with Gasteiger partial charge < -0.3 is 0 Å². The molecule has 0 aromatic heterocycles. The largest absolute Gasteiger partial charge is 0.289 e. The fraction of sp³-hybridized carbons (Fsp3) is 0.435. The van der Waals surface area contributed by atoms with Gasteiger partial charge in [-0.2, -0.15) is 0 Å². The lowest BCUT2D eigenvalue weighted by Gasteiger charge is -2.19. The molecule has 0 unspecified atom stereocenters. The average molecular weight is 322 g/mol.